The van der Waals surface area contributed by atoms with E-state index in [0.29, 0.717) is 17.1 Å². The van der Waals surface area contributed by atoms with Gasteiger partial charge in [0.05, 0.1) is 18.5 Å². The van der Waals surface area contributed by atoms with E-state index in [9.17, 15) is 24.3 Å². The zero-order chi connectivity index (χ0) is 26.7. The van der Waals surface area contributed by atoms with Crippen LogP contribution in [-0.4, -0.2) is 85.7 Å². The predicted molar refractivity (Wildman–Crippen MR) is 128 cm³/mol. The number of carbonyl (C=O) groups is 4. The summed E-state index contributed by atoms with van der Waals surface area (Å²) in [6, 6.07) is 11.5. The maximum atomic E-state index is 11.8. The van der Waals surface area contributed by atoms with Crippen LogP contribution in [0.25, 0.3) is 0 Å². The van der Waals surface area contributed by atoms with E-state index in [4.69, 9.17) is 19.7 Å². The lowest BCUT2D eigenvalue weighted by molar-refractivity contribution is -0.140. The highest BCUT2D eigenvalue weighted by atomic mass is 16.5. The van der Waals surface area contributed by atoms with Crippen molar-refractivity contribution in [3.05, 3.63) is 48.0 Å². The van der Waals surface area contributed by atoms with Crippen molar-refractivity contribution in [2.24, 2.45) is 0 Å². The summed E-state index contributed by atoms with van der Waals surface area (Å²) < 4.78 is 16.2. The molecule has 0 aliphatic rings. The number of benzene rings is 2. The molecule has 0 radical (unpaired) electrons. The molecule has 2 rings (SSSR count). The quantitative estimate of drug-likeness (QED) is 0.237. The molecule has 0 amide bonds. The maximum absolute atomic E-state index is 11.8. The molecule has 2 aromatic rings. The first-order valence-corrected chi connectivity index (χ1v) is 10.8. The summed E-state index contributed by atoms with van der Waals surface area (Å²) in [6.07, 6.45) is 0. The summed E-state index contributed by atoms with van der Waals surface area (Å²) in [7, 11) is 1.21. The second-order valence-electron chi connectivity index (χ2n) is 7.61. The van der Waals surface area contributed by atoms with E-state index in [1.165, 1.54) is 12.0 Å². The molecule has 0 aliphatic heterocycles. The lowest BCUT2D eigenvalue weighted by Gasteiger charge is -2.25. The molecule has 0 fully saturated rings. The Labute approximate surface area is 207 Å². The predicted octanol–water partition coefficient (Wildman–Crippen LogP) is 1.49. The summed E-state index contributed by atoms with van der Waals surface area (Å²) in [4.78, 5) is 48.0. The molecule has 0 spiro atoms. The van der Waals surface area contributed by atoms with Gasteiger partial charge in [0.2, 0.25) is 0 Å². The average molecular weight is 504 g/mol. The highest BCUT2D eigenvalue weighted by Gasteiger charge is 2.20. The number of hydrogen-bond acceptors (Lipinski definition) is 9. The van der Waals surface area contributed by atoms with Gasteiger partial charge in [-0.15, -0.1) is 0 Å². The van der Waals surface area contributed by atoms with Crippen molar-refractivity contribution in [3.8, 4) is 11.5 Å². The van der Waals surface area contributed by atoms with Gasteiger partial charge in [0.15, 0.2) is 0 Å². The van der Waals surface area contributed by atoms with Crippen LogP contribution in [0.3, 0.4) is 0 Å². The van der Waals surface area contributed by atoms with Crippen molar-refractivity contribution in [1.82, 2.24) is 0 Å². The number of aryl methyl sites for hydroxylation is 1. The van der Waals surface area contributed by atoms with Crippen LogP contribution in [-0.2, 0) is 23.9 Å². The van der Waals surface area contributed by atoms with Crippen molar-refractivity contribution in [3.63, 3.8) is 0 Å². The molecule has 36 heavy (non-hydrogen) atoms. The van der Waals surface area contributed by atoms with Crippen LogP contribution in [0, 0.1) is 6.92 Å². The van der Waals surface area contributed by atoms with Gasteiger partial charge < -0.3 is 39.3 Å². The largest absolute Gasteiger partial charge is 0.488 e. The standard InChI is InChI=1S/C24H28N2O10/c1-16-7-8-18(26(14-23(31)32)15-24(33)34-2)20(11-16)36-10-9-35-19-6-4-3-5-17(19)25(12-21(27)28)13-22(29)30/h3-8,11H,9-10,12-15H2,1-2H3,(H,27,28)(H,29,30)(H,31,32). The monoisotopic (exact) mass is 504 g/mol. The van der Waals surface area contributed by atoms with E-state index in [-0.39, 0.29) is 25.5 Å². The Morgan fingerprint density at radius 3 is 1.78 bits per heavy atom. The Morgan fingerprint density at radius 2 is 1.22 bits per heavy atom. The van der Waals surface area contributed by atoms with Crippen LogP contribution in [0.5, 0.6) is 11.5 Å². The molecule has 0 heterocycles. The Balaban J connectivity index is 2.15. The van der Waals surface area contributed by atoms with E-state index in [1.54, 1.807) is 42.5 Å². The highest BCUT2D eigenvalue weighted by molar-refractivity contribution is 5.82. The fraction of sp³-hybridized carbons (Fsp3) is 0.333. The molecule has 0 aromatic heterocycles. The minimum atomic E-state index is -1.20. The van der Waals surface area contributed by atoms with Gasteiger partial charge in [-0.25, -0.2) is 0 Å². The van der Waals surface area contributed by atoms with Crippen LogP contribution in [0.15, 0.2) is 42.5 Å². The molecule has 194 valence electrons. The molecule has 0 bridgehead atoms. The number of aliphatic carboxylic acids is 3. The Bertz CT molecular complexity index is 1070. The molecular weight excluding hydrogens is 476 g/mol. The third-order valence-corrected chi connectivity index (χ3v) is 4.79. The third-order valence-electron chi connectivity index (χ3n) is 4.79. The topological polar surface area (TPSA) is 163 Å². The molecule has 0 atom stereocenters. The van der Waals surface area contributed by atoms with Crippen LogP contribution < -0.4 is 19.3 Å². The van der Waals surface area contributed by atoms with E-state index < -0.39 is 43.5 Å². The normalized spacial score (nSPS) is 10.3. The molecule has 12 nitrogen and oxygen atoms in total. The number of carbonyl (C=O) groups excluding carboxylic acids is 1. The third kappa shape index (κ3) is 8.70. The number of esters is 1. The molecule has 0 aliphatic carbocycles. The molecule has 2 aromatic carbocycles. The lowest BCUT2D eigenvalue weighted by atomic mass is 10.2. The minimum absolute atomic E-state index is 0.00824. The summed E-state index contributed by atoms with van der Waals surface area (Å²) in [5, 5.41) is 27.5. The number of anilines is 2. The smallest absolute Gasteiger partial charge is 0.325 e. The lowest BCUT2D eigenvalue weighted by Crippen LogP contribution is -2.35. The number of para-hydroxylation sites is 2. The summed E-state index contributed by atoms with van der Waals surface area (Å²) in [6.45, 7) is 0.0299. The van der Waals surface area contributed by atoms with Gasteiger partial charge in [0, 0.05) is 0 Å². The number of hydrogen-bond donors (Lipinski definition) is 3. The summed E-state index contributed by atoms with van der Waals surface area (Å²) in [5.74, 6) is -3.55. The van der Waals surface area contributed by atoms with Gasteiger partial charge in [-0.2, -0.15) is 0 Å². The zero-order valence-electron chi connectivity index (χ0n) is 19.9. The first-order valence-electron chi connectivity index (χ1n) is 10.8. The van der Waals surface area contributed by atoms with Crippen molar-refractivity contribution >= 4 is 35.3 Å². The number of carboxylic acid groups (broad SMARTS) is 3. The van der Waals surface area contributed by atoms with Gasteiger partial charge >= 0.3 is 23.9 Å². The zero-order valence-corrected chi connectivity index (χ0v) is 19.9. The number of nitrogens with zero attached hydrogens (tertiary/aromatic N) is 2. The molecule has 12 heteroatoms. The number of carboxylic acids is 3. The molecular formula is C24H28N2O10. The van der Waals surface area contributed by atoms with E-state index in [2.05, 4.69) is 4.74 Å². The van der Waals surface area contributed by atoms with Crippen molar-refractivity contribution in [2.75, 3.05) is 56.3 Å². The SMILES string of the molecule is COC(=O)CN(CC(=O)O)c1ccc(C)cc1OCCOc1ccccc1N(CC(=O)O)CC(=O)O. The summed E-state index contributed by atoms with van der Waals surface area (Å²) in [5.41, 5.74) is 1.51. The van der Waals surface area contributed by atoms with E-state index in [0.717, 1.165) is 10.5 Å². The van der Waals surface area contributed by atoms with Gasteiger partial charge in [0.1, 0.15) is 50.9 Å². The second-order valence-corrected chi connectivity index (χ2v) is 7.61. The van der Waals surface area contributed by atoms with E-state index in [1.807, 2.05) is 6.92 Å². The summed E-state index contributed by atoms with van der Waals surface area (Å²) >= 11 is 0. The minimum Gasteiger partial charge on any atom is -0.488 e. The Kier molecular flexibility index (Phi) is 10.3. The van der Waals surface area contributed by atoms with Crippen molar-refractivity contribution < 1.29 is 48.7 Å². The molecule has 3 N–H and O–H groups in total. The molecule has 0 unspecified atom stereocenters. The Hall–Kier alpha value is -4.48. The Morgan fingerprint density at radius 1 is 0.722 bits per heavy atom. The van der Waals surface area contributed by atoms with Gasteiger partial charge in [-0.05, 0) is 36.8 Å². The average Bonchev–Trinajstić information content (AvgIpc) is 2.80. The van der Waals surface area contributed by atoms with Gasteiger partial charge in [-0.3, -0.25) is 19.2 Å². The van der Waals surface area contributed by atoms with Crippen LogP contribution in [0.1, 0.15) is 5.56 Å². The van der Waals surface area contributed by atoms with Crippen LogP contribution in [0.4, 0.5) is 11.4 Å². The second kappa shape index (κ2) is 13.4. The van der Waals surface area contributed by atoms with Crippen LogP contribution in [0.2, 0.25) is 0 Å². The number of ether oxygens (including phenoxy) is 3. The maximum Gasteiger partial charge on any atom is 0.325 e. The fourth-order valence-corrected chi connectivity index (χ4v) is 3.30. The first kappa shape index (κ1) is 27.8. The first-order chi connectivity index (χ1) is 17.1. The van der Waals surface area contributed by atoms with Crippen molar-refractivity contribution in [2.45, 2.75) is 6.92 Å². The van der Waals surface area contributed by atoms with Crippen LogP contribution >= 0.6 is 0 Å². The van der Waals surface area contributed by atoms with Crippen molar-refractivity contribution in [1.29, 1.82) is 0 Å². The number of methoxy groups -OCH3 is 1. The number of rotatable bonds is 15. The molecule has 0 saturated heterocycles. The highest BCUT2D eigenvalue weighted by Crippen LogP contribution is 2.30. The fourth-order valence-electron chi connectivity index (χ4n) is 3.30. The molecule has 0 saturated carbocycles. The van der Waals surface area contributed by atoms with Gasteiger partial charge in [-0.1, -0.05) is 18.2 Å². The van der Waals surface area contributed by atoms with E-state index >= 15 is 0 Å². The van der Waals surface area contributed by atoms with Gasteiger partial charge in [0.25, 0.3) is 0 Å².